The van der Waals surface area contributed by atoms with Crippen LogP contribution in [0.15, 0.2) is 12.7 Å². The van der Waals surface area contributed by atoms with Crippen LogP contribution < -0.4 is 11.1 Å². The highest BCUT2D eigenvalue weighted by atomic mass is 32.1. The highest BCUT2D eigenvalue weighted by Crippen LogP contribution is 2.24. The number of aromatic nitrogens is 1. The van der Waals surface area contributed by atoms with Gasteiger partial charge in [0.1, 0.15) is 0 Å². The van der Waals surface area contributed by atoms with Crippen LogP contribution in [-0.4, -0.2) is 17.6 Å². The topological polar surface area (TPSA) is 50.9 Å². The Hall–Kier alpha value is -0.870. The van der Waals surface area contributed by atoms with Crippen molar-refractivity contribution in [1.29, 1.82) is 0 Å². The van der Waals surface area contributed by atoms with Gasteiger partial charge >= 0.3 is 0 Å². The van der Waals surface area contributed by atoms with E-state index >= 15 is 0 Å². The Labute approximate surface area is 88.0 Å². The van der Waals surface area contributed by atoms with Crippen molar-refractivity contribution in [3.63, 3.8) is 0 Å². The minimum atomic E-state index is 0.482. The average Bonchev–Trinajstić information content (AvgIpc) is 2.37. The molecule has 1 unspecified atom stereocenters. The van der Waals surface area contributed by atoms with Crippen LogP contribution in [0.5, 0.6) is 0 Å². The highest BCUT2D eigenvalue weighted by molar-refractivity contribution is 7.15. The molecular formula is C10H15N3S. The van der Waals surface area contributed by atoms with Crippen molar-refractivity contribution in [3.8, 4) is 0 Å². The molecule has 0 saturated carbocycles. The lowest BCUT2D eigenvalue weighted by Gasteiger charge is -2.12. The van der Waals surface area contributed by atoms with E-state index in [0.717, 1.165) is 25.8 Å². The van der Waals surface area contributed by atoms with Gasteiger partial charge in [-0.2, -0.15) is 0 Å². The second-order valence-electron chi connectivity index (χ2n) is 3.55. The number of fused-ring (bicyclic) bond motifs is 1. The van der Waals surface area contributed by atoms with Crippen molar-refractivity contribution < 1.29 is 0 Å². The SMILES string of the molecule is C=CCC1Cc2nc(N)sc2CCN1. The summed E-state index contributed by atoms with van der Waals surface area (Å²) in [6.45, 7) is 4.79. The normalized spacial score (nSPS) is 21.3. The van der Waals surface area contributed by atoms with Gasteiger partial charge in [0.25, 0.3) is 0 Å². The number of nitrogens with zero attached hydrogens (tertiary/aromatic N) is 1. The second kappa shape index (κ2) is 4.11. The maximum Gasteiger partial charge on any atom is 0.180 e. The summed E-state index contributed by atoms with van der Waals surface area (Å²) in [5.74, 6) is 0. The van der Waals surface area contributed by atoms with E-state index in [-0.39, 0.29) is 0 Å². The van der Waals surface area contributed by atoms with Crippen LogP contribution in [-0.2, 0) is 12.8 Å². The number of thiazole rings is 1. The number of nitrogens with one attached hydrogen (secondary N) is 1. The first kappa shape index (κ1) is 9.68. The van der Waals surface area contributed by atoms with E-state index < -0.39 is 0 Å². The van der Waals surface area contributed by atoms with Crippen LogP contribution in [0.4, 0.5) is 5.13 Å². The lowest BCUT2D eigenvalue weighted by atomic mass is 10.1. The van der Waals surface area contributed by atoms with Crippen LogP contribution in [0.1, 0.15) is 17.0 Å². The molecule has 1 aliphatic rings. The zero-order chi connectivity index (χ0) is 9.97. The van der Waals surface area contributed by atoms with Gasteiger partial charge in [0.15, 0.2) is 5.13 Å². The first-order valence-electron chi connectivity index (χ1n) is 4.88. The largest absolute Gasteiger partial charge is 0.375 e. The summed E-state index contributed by atoms with van der Waals surface area (Å²) in [6.07, 6.45) is 4.99. The van der Waals surface area contributed by atoms with Gasteiger partial charge in [-0.15, -0.1) is 17.9 Å². The third-order valence-corrected chi connectivity index (χ3v) is 3.46. The second-order valence-corrected chi connectivity index (χ2v) is 4.67. The van der Waals surface area contributed by atoms with E-state index in [1.165, 1.54) is 10.6 Å². The molecule has 1 aromatic rings. The number of hydrogen-bond donors (Lipinski definition) is 2. The lowest BCUT2D eigenvalue weighted by Crippen LogP contribution is -2.30. The molecule has 0 bridgehead atoms. The van der Waals surface area contributed by atoms with Gasteiger partial charge in [-0.1, -0.05) is 6.08 Å². The van der Waals surface area contributed by atoms with Crippen LogP contribution in [0.2, 0.25) is 0 Å². The molecule has 14 heavy (non-hydrogen) atoms. The van der Waals surface area contributed by atoms with Gasteiger partial charge in [-0.25, -0.2) is 4.98 Å². The van der Waals surface area contributed by atoms with Crippen molar-refractivity contribution in [2.45, 2.75) is 25.3 Å². The van der Waals surface area contributed by atoms with Gasteiger partial charge in [0, 0.05) is 23.9 Å². The van der Waals surface area contributed by atoms with Crippen LogP contribution in [0.3, 0.4) is 0 Å². The van der Waals surface area contributed by atoms with Crippen molar-refractivity contribution in [3.05, 3.63) is 23.2 Å². The molecule has 3 nitrogen and oxygen atoms in total. The zero-order valence-corrected chi connectivity index (χ0v) is 8.94. The quantitative estimate of drug-likeness (QED) is 0.723. The van der Waals surface area contributed by atoms with Gasteiger partial charge in [0.2, 0.25) is 0 Å². The molecule has 0 saturated heterocycles. The molecule has 0 aliphatic carbocycles. The number of nitrogens with two attached hydrogens (primary N) is 1. The van der Waals surface area contributed by atoms with Crippen LogP contribution in [0.25, 0.3) is 0 Å². The fourth-order valence-corrected chi connectivity index (χ4v) is 2.68. The summed E-state index contributed by atoms with van der Waals surface area (Å²) in [5.41, 5.74) is 6.88. The van der Waals surface area contributed by atoms with E-state index in [4.69, 9.17) is 5.73 Å². The Morgan fingerprint density at radius 2 is 2.57 bits per heavy atom. The Bertz CT molecular complexity index is 332. The van der Waals surface area contributed by atoms with Gasteiger partial charge < -0.3 is 11.1 Å². The Balaban J connectivity index is 2.16. The summed E-state index contributed by atoms with van der Waals surface area (Å²) in [4.78, 5) is 5.71. The number of rotatable bonds is 2. The zero-order valence-electron chi connectivity index (χ0n) is 8.12. The first-order chi connectivity index (χ1) is 6.79. The van der Waals surface area contributed by atoms with E-state index in [9.17, 15) is 0 Å². The molecular weight excluding hydrogens is 194 g/mol. The standard InChI is InChI=1S/C10H15N3S/c1-2-3-7-6-8-9(4-5-12-7)14-10(11)13-8/h2,7,12H,1,3-6H2,(H2,11,13). The predicted octanol–water partition coefficient (Wildman–Crippen LogP) is 1.36. The van der Waals surface area contributed by atoms with Gasteiger partial charge in [0.05, 0.1) is 5.69 Å². The Morgan fingerprint density at radius 3 is 3.36 bits per heavy atom. The van der Waals surface area contributed by atoms with Gasteiger partial charge in [-0.3, -0.25) is 0 Å². The van der Waals surface area contributed by atoms with E-state index in [1.807, 2.05) is 6.08 Å². The molecule has 2 heterocycles. The maximum atomic E-state index is 5.70. The average molecular weight is 209 g/mol. The number of hydrogen-bond acceptors (Lipinski definition) is 4. The summed E-state index contributed by atoms with van der Waals surface area (Å²) in [6, 6.07) is 0.482. The molecule has 0 fully saturated rings. The van der Waals surface area contributed by atoms with Crippen LogP contribution in [0, 0.1) is 0 Å². The molecule has 1 atom stereocenters. The molecule has 1 aromatic heterocycles. The van der Waals surface area contributed by atoms with Crippen molar-refractivity contribution in [1.82, 2.24) is 10.3 Å². The molecule has 3 N–H and O–H groups in total. The first-order valence-corrected chi connectivity index (χ1v) is 5.69. The monoisotopic (exact) mass is 209 g/mol. The molecule has 1 aliphatic heterocycles. The van der Waals surface area contributed by atoms with Crippen molar-refractivity contribution in [2.24, 2.45) is 0 Å². The third kappa shape index (κ3) is 1.96. The van der Waals surface area contributed by atoms with Crippen molar-refractivity contribution in [2.75, 3.05) is 12.3 Å². The molecule has 0 spiro atoms. The lowest BCUT2D eigenvalue weighted by molar-refractivity contribution is 0.529. The fraction of sp³-hybridized carbons (Fsp3) is 0.500. The third-order valence-electron chi connectivity index (χ3n) is 2.47. The highest BCUT2D eigenvalue weighted by Gasteiger charge is 2.18. The summed E-state index contributed by atoms with van der Waals surface area (Å²) >= 11 is 1.62. The predicted molar refractivity (Wildman–Crippen MR) is 60.5 cm³/mol. The molecule has 76 valence electrons. The Morgan fingerprint density at radius 1 is 1.71 bits per heavy atom. The molecule has 0 radical (unpaired) electrons. The minimum absolute atomic E-state index is 0.482. The molecule has 2 rings (SSSR count). The fourth-order valence-electron chi connectivity index (χ4n) is 1.82. The van der Waals surface area contributed by atoms with Gasteiger partial charge in [-0.05, 0) is 12.8 Å². The minimum Gasteiger partial charge on any atom is -0.375 e. The molecule has 0 amide bonds. The van der Waals surface area contributed by atoms with E-state index in [1.54, 1.807) is 11.3 Å². The maximum absolute atomic E-state index is 5.70. The smallest absolute Gasteiger partial charge is 0.180 e. The van der Waals surface area contributed by atoms with E-state index in [2.05, 4.69) is 16.9 Å². The summed E-state index contributed by atoms with van der Waals surface area (Å²) in [7, 11) is 0. The molecule has 0 aromatic carbocycles. The summed E-state index contributed by atoms with van der Waals surface area (Å²) < 4.78 is 0. The van der Waals surface area contributed by atoms with Crippen LogP contribution >= 0.6 is 11.3 Å². The number of anilines is 1. The summed E-state index contributed by atoms with van der Waals surface area (Å²) in [5, 5.41) is 4.19. The van der Waals surface area contributed by atoms with E-state index in [0.29, 0.717) is 11.2 Å². The molecule has 4 heteroatoms. The van der Waals surface area contributed by atoms with Crippen molar-refractivity contribution >= 4 is 16.5 Å². The number of nitrogen functional groups attached to an aromatic ring is 1. The Kier molecular flexibility index (Phi) is 2.84.